The quantitative estimate of drug-likeness (QED) is 0.243. The largest absolute Gasteiger partial charge is 0.358 e. The summed E-state index contributed by atoms with van der Waals surface area (Å²) in [6, 6.07) is 0. The van der Waals surface area contributed by atoms with Gasteiger partial charge in [0, 0.05) is 32.0 Å². The van der Waals surface area contributed by atoms with Crippen molar-refractivity contribution in [2.24, 2.45) is 0 Å². The fraction of sp³-hybridized carbons (Fsp3) is 1.00. The van der Waals surface area contributed by atoms with Crippen LogP contribution in [0.15, 0.2) is 0 Å². The Hall–Kier alpha value is -0.463. The van der Waals surface area contributed by atoms with Crippen LogP contribution < -0.4 is 0 Å². The summed E-state index contributed by atoms with van der Waals surface area (Å²) in [7, 11) is 3.83. The zero-order chi connectivity index (χ0) is 9.61. The Kier molecular flexibility index (Phi) is 5.03. The van der Waals surface area contributed by atoms with Gasteiger partial charge in [0.25, 0.3) is 0 Å². The number of ether oxygens (including phenoxy) is 2. The first kappa shape index (κ1) is 11.5. The van der Waals surface area contributed by atoms with Crippen LogP contribution in [0.1, 0.15) is 12.8 Å². The van der Waals surface area contributed by atoms with Crippen LogP contribution in [0, 0.1) is 10.1 Å². The molecule has 0 bridgehead atoms. The summed E-state index contributed by atoms with van der Waals surface area (Å²) in [4.78, 5) is 9.67. The zero-order valence-corrected chi connectivity index (χ0v) is 9.70. The number of nitro groups is 1. The number of nitrogens with zero attached hydrogens (tertiary/aromatic N) is 1. The molecule has 0 heterocycles. The average Bonchev–Trinajstić information content (AvgIpc) is 2.03. The summed E-state index contributed by atoms with van der Waals surface area (Å²) in [6.07, 6.45) is 1.09. The SMILES string of the molecule is COC([SiH3])(CCC[N+](=O)[O-])OC. The first-order valence-electron chi connectivity index (χ1n) is 3.76. The van der Waals surface area contributed by atoms with E-state index in [1.54, 1.807) is 14.2 Å². The second-order valence-corrected chi connectivity index (χ2v) is 4.23. The summed E-state index contributed by atoms with van der Waals surface area (Å²) < 4.78 is 10.2. The average molecular weight is 193 g/mol. The van der Waals surface area contributed by atoms with Crippen molar-refractivity contribution in [3.05, 3.63) is 10.1 Å². The van der Waals surface area contributed by atoms with Gasteiger partial charge in [-0.25, -0.2) is 0 Å². The maximum atomic E-state index is 10.00. The van der Waals surface area contributed by atoms with Crippen LogP contribution in [-0.2, 0) is 9.47 Å². The predicted octanol–water partition coefficient (Wildman–Crippen LogP) is -0.645. The van der Waals surface area contributed by atoms with Crippen LogP contribution in [0.25, 0.3) is 0 Å². The van der Waals surface area contributed by atoms with Gasteiger partial charge in [0.1, 0.15) is 5.41 Å². The fourth-order valence-corrected chi connectivity index (χ4v) is 1.17. The zero-order valence-electron chi connectivity index (χ0n) is 7.70. The van der Waals surface area contributed by atoms with Crippen LogP contribution in [0.2, 0.25) is 0 Å². The Labute approximate surface area is 74.6 Å². The van der Waals surface area contributed by atoms with E-state index in [1.165, 1.54) is 0 Å². The smallest absolute Gasteiger partial charge is 0.204 e. The van der Waals surface area contributed by atoms with E-state index < -0.39 is 5.41 Å². The molecule has 0 radical (unpaired) electrons. The molecule has 12 heavy (non-hydrogen) atoms. The molecule has 0 unspecified atom stereocenters. The maximum Gasteiger partial charge on any atom is 0.204 e. The van der Waals surface area contributed by atoms with Gasteiger partial charge < -0.3 is 9.47 Å². The van der Waals surface area contributed by atoms with E-state index in [4.69, 9.17) is 9.47 Å². The topological polar surface area (TPSA) is 61.6 Å². The normalized spacial score (nSPS) is 11.8. The first-order chi connectivity index (χ1) is 5.54. The number of rotatable bonds is 6. The van der Waals surface area contributed by atoms with E-state index in [0.717, 1.165) is 0 Å². The molecule has 0 aromatic carbocycles. The lowest BCUT2D eigenvalue weighted by molar-refractivity contribution is -0.481. The maximum absolute atomic E-state index is 10.00. The van der Waals surface area contributed by atoms with E-state index in [2.05, 4.69) is 0 Å². The predicted molar refractivity (Wildman–Crippen MR) is 47.8 cm³/mol. The molecule has 0 fully saturated rings. The van der Waals surface area contributed by atoms with Crippen molar-refractivity contribution in [2.75, 3.05) is 20.8 Å². The van der Waals surface area contributed by atoms with Crippen LogP contribution >= 0.6 is 0 Å². The van der Waals surface area contributed by atoms with Crippen LogP contribution in [0.3, 0.4) is 0 Å². The summed E-state index contributed by atoms with van der Waals surface area (Å²) >= 11 is 0. The van der Waals surface area contributed by atoms with Crippen molar-refractivity contribution in [3.8, 4) is 0 Å². The molecule has 0 aromatic heterocycles. The van der Waals surface area contributed by atoms with Gasteiger partial charge in [-0.3, -0.25) is 10.1 Å². The van der Waals surface area contributed by atoms with Gasteiger partial charge >= 0.3 is 0 Å². The molecule has 72 valence electrons. The minimum Gasteiger partial charge on any atom is -0.358 e. The number of methoxy groups -OCH3 is 2. The highest BCUT2D eigenvalue weighted by atomic mass is 28.1. The molecule has 0 amide bonds. The van der Waals surface area contributed by atoms with E-state index in [-0.39, 0.29) is 11.5 Å². The highest BCUT2D eigenvalue weighted by Crippen LogP contribution is 2.13. The second-order valence-electron chi connectivity index (χ2n) is 2.70. The Morgan fingerprint density at radius 2 is 2.00 bits per heavy atom. The number of hydrogen-bond acceptors (Lipinski definition) is 4. The fourth-order valence-electron chi connectivity index (χ4n) is 0.817. The first-order valence-corrected chi connectivity index (χ1v) is 4.76. The van der Waals surface area contributed by atoms with Gasteiger partial charge in [-0.1, -0.05) is 0 Å². The second kappa shape index (κ2) is 5.23. The lowest BCUT2D eigenvalue weighted by Gasteiger charge is -2.25. The van der Waals surface area contributed by atoms with Gasteiger partial charge in [-0.15, -0.1) is 0 Å². The van der Waals surface area contributed by atoms with Crippen LogP contribution in [0.4, 0.5) is 0 Å². The van der Waals surface area contributed by atoms with Gasteiger partial charge in [-0.2, -0.15) is 0 Å². The molecule has 0 atom stereocenters. The summed E-state index contributed by atoms with van der Waals surface area (Å²) in [6.45, 7) is -0.0172. The molecular weight excluding hydrogens is 178 g/mol. The Morgan fingerprint density at radius 3 is 2.33 bits per heavy atom. The van der Waals surface area contributed by atoms with E-state index >= 15 is 0 Å². The van der Waals surface area contributed by atoms with Crippen molar-refractivity contribution >= 4 is 10.2 Å². The summed E-state index contributed by atoms with van der Waals surface area (Å²) in [5, 5.41) is 10.00. The standard InChI is InChI=1S/C6H15NO4Si/c1-10-6(12,11-2)4-3-5-7(8)9/h3-5H2,1-2,12H3. The third kappa shape index (κ3) is 4.42. The van der Waals surface area contributed by atoms with Crippen LogP contribution in [-0.4, -0.2) is 41.3 Å². The summed E-state index contributed by atoms with van der Waals surface area (Å²) in [5.41, 5.74) is -0.546. The molecule has 0 spiro atoms. The molecule has 0 aliphatic carbocycles. The van der Waals surface area contributed by atoms with Crippen LogP contribution in [0.5, 0.6) is 0 Å². The molecule has 0 aromatic rings. The van der Waals surface area contributed by atoms with Gasteiger partial charge in [0.05, 0.1) is 10.2 Å². The Morgan fingerprint density at radius 1 is 1.50 bits per heavy atom. The third-order valence-corrected chi connectivity index (χ3v) is 3.15. The minimum absolute atomic E-state index is 0.0172. The lowest BCUT2D eigenvalue weighted by Crippen LogP contribution is -2.34. The third-order valence-electron chi connectivity index (χ3n) is 1.84. The van der Waals surface area contributed by atoms with Gasteiger partial charge in [-0.05, 0) is 0 Å². The van der Waals surface area contributed by atoms with E-state index in [1.807, 2.05) is 0 Å². The highest BCUT2D eigenvalue weighted by Gasteiger charge is 2.22. The molecule has 0 saturated carbocycles. The summed E-state index contributed by atoms with van der Waals surface area (Å²) in [5.74, 6) is 0. The monoisotopic (exact) mass is 193 g/mol. The van der Waals surface area contributed by atoms with Gasteiger partial charge in [0.2, 0.25) is 6.54 Å². The molecule has 0 saturated heterocycles. The molecule has 0 aliphatic heterocycles. The van der Waals surface area contributed by atoms with E-state index in [0.29, 0.717) is 23.1 Å². The van der Waals surface area contributed by atoms with Crippen molar-refractivity contribution in [1.29, 1.82) is 0 Å². The molecular formula is C6H15NO4Si. The molecule has 0 N–H and O–H groups in total. The molecule has 6 heteroatoms. The van der Waals surface area contributed by atoms with Crippen molar-refractivity contribution < 1.29 is 14.4 Å². The minimum atomic E-state index is -0.546. The molecule has 0 aliphatic rings. The van der Waals surface area contributed by atoms with E-state index in [9.17, 15) is 10.1 Å². The lowest BCUT2D eigenvalue weighted by atomic mass is 10.3. The van der Waals surface area contributed by atoms with Gasteiger partial charge in [0.15, 0.2) is 0 Å². The molecule has 0 rings (SSSR count). The van der Waals surface area contributed by atoms with Crippen molar-refractivity contribution in [3.63, 3.8) is 0 Å². The van der Waals surface area contributed by atoms with Crippen molar-refractivity contribution in [1.82, 2.24) is 0 Å². The van der Waals surface area contributed by atoms with Crippen molar-refractivity contribution in [2.45, 2.75) is 18.3 Å². The molecule has 5 nitrogen and oxygen atoms in total. The Bertz CT molecular complexity index is 148. The number of hydrogen-bond donors (Lipinski definition) is 0. The highest BCUT2D eigenvalue weighted by molar-refractivity contribution is 6.13. The Balaban J connectivity index is 3.65.